The molecule has 3 heteroatoms. The van der Waals surface area contributed by atoms with E-state index in [4.69, 9.17) is 9.47 Å². The van der Waals surface area contributed by atoms with Crippen LogP contribution in [0, 0.1) is 5.92 Å². The largest absolute Gasteiger partial charge is 0.433 e. The van der Waals surface area contributed by atoms with E-state index in [1.807, 2.05) is 0 Å². The minimum Gasteiger partial charge on any atom is -0.433 e. The van der Waals surface area contributed by atoms with Crippen molar-refractivity contribution in [2.75, 3.05) is 6.61 Å². The fourth-order valence-electron chi connectivity index (χ4n) is 0.703. The number of ether oxygens (including phenoxy) is 2. The fraction of sp³-hybridized carbons (Fsp3) is 0.727. The first-order valence-electron chi connectivity index (χ1n) is 4.95. The van der Waals surface area contributed by atoms with Gasteiger partial charge in [0.05, 0.1) is 6.61 Å². The normalized spacial score (nSPS) is 14.6. The van der Waals surface area contributed by atoms with E-state index in [1.165, 1.54) is 0 Å². The zero-order valence-corrected chi connectivity index (χ0v) is 9.50. The lowest BCUT2D eigenvalue weighted by Gasteiger charge is -2.16. The lowest BCUT2D eigenvalue weighted by atomic mass is 10.1. The van der Waals surface area contributed by atoms with Gasteiger partial charge in [-0.2, -0.15) is 0 Å². The highest BCUT2D eigenvalue weighted by Gasteiger charge is 2.10. The van der Waals surface area contributed by atoms with Crippen molar-refractivity contribution < 1.29 is 14.3 Å². The Morgan fingerprint density at radius 2 is 2.00 bits per heavy atom. The van der Waals surface area contributed by atoms with Crippen LogP contribution in [0.1, 0.15) is 34.1 Å². The van der Waals surface area contributed by atoms with Crippen LogP contribution in [0.15, 0.2) is 12.2 Å². The van der Waals surface area contributed by atoms with E-state index < -0.39 is 12.3 Å². The summed E-state index contributed by atoms with van der Waals surface area (Å²) in [5.41, 5.74) is 0.393. The summed E-state index contributed by atoms with van der Waals surface area (Å²) in [5, 5.41) is 0. The van der Waals surface area contributed by atoms with Gasteiger partial charge in [0.25, 0.3) is 0 Å². The van der Waals surface area contributed by atoms with E-state index in [0.29, 0.717) is 18.1 Å². The second-order valence-electron chi connectivity index (χ2n) is 3.60. The molecule has 2 atom stereocenters. The molecule has 0 rings (SSSR count). The van der Waals surface area contributed by atoms with Crippen LogP contribution >= 0.6 is 0 Å². The third-order valence-corrected chi connectivity index (χ3v) is 1.93. The van der Waals surface area contributed by atoms with Crippen molar-refractivity contribution in [3.63, 3.8) is 0 Å². The lowest BCUT2D eigenvalue weighted by molar-refractivity contribution is -0.172. The van der Waals surface area contributed by atoms with Gasteiger partial charge in [-0.1, -0.05) is 26.8 Å². The molecule has 0 radical (unpaired) electrons. The van der Waals surface area contributed by atoms with Crippen LogP contribution in [-0.4, -0.2) is 18.9 Å². The molecular formula is C11H20O3. The van der Waals surface area contributed by atoms with Crippen LogP contribution in [-0.2, 0) is 14.3 Å². The fourth-order valence-corrected chi connectivity index (χ4v) is 0.703. The molecule has 0 bridgehead atoms. The molecule has 0 aromatic carbocycles. The number of hydrogen-bond acceptors (Lipinski definition) is 3. The van der Waals surface area contributed by atoms with E-state index in [9.17, 15) is 4.79 Å². The number of esters is 1. The standard InChI is InChI=1S/C11H20O3/c1-6-9(4)7-13-10(5)14-11(12)8(2)3/h9-10H,2,6-7H2,1,3-5H3. The average Bonchev–Trinajstić information content (AvgIpc) is 2.13. The molecule has 0 saturated carbocycles. The number of carbonyl (C=O) groups is 1. The van der Waals surface area contributed by atoms with E-state index in [0.717, 1.165) is 6.42 Å². The molecule has 0 fully saturated rings. The third kappa shape index (κ3) is 5.75. The van der Waals surface area contributed by atoms with Gasteiger partial charge in [-0.3, -0.25) is 0 Å². The van der Waals surface area contributed by atoms with Gasteiger partial charge in [-0.25, -0.2) is 4.79 Å². The summed E-state index contributed by atoms with van der Waals surface area (Å²) >= 11 is 0. The monoisotopic (exact) mass is 200 g/mol. The number of rotatable bonds is 6. The van der Waals surface area contributed by atoms with Crippen molar-refractivity contribution in [1.82, 2.24) is 0 Å². The zero-order valence-electron chi connectivity index (χ0n) is 9.50. The van der Waals surface area contributed by atoms with Gasteiger partial charge >= 0.3 is 5.97 Å². The SMILES string of the molecule is C=C(C)C(=O)OC(C)OCC(C)CC. The summed E-state index contributed by atoms with van der Waals surface area (Å²) in [5.74, 6) is 0.0858. The average molecular weight is 200 g/mol. The summed E-state index contributed by atoms with van der Waals surface area (Å²) in [6.45, 7) is 11.6. The molecule has 0 aliphatic heterocycles. The van der Waals surface area contributed by atoms with Crippen molar-refractivity contribution in [1.29, 1.82) is 0 Å². The quantitative estimate of drug-likeness (QED) is 0.375. The Kier molecular flexibility index (Phi) is 6.21. The molecule has 0 spiro atoms. The molecule has 0 saturated heterocycles. The van der Waals surface area contributed by atoms with Crippen LogP contribution in [0.2, 0.25) is 0 Å². The maximum Gasteiger partial charge on any atom is 0.335 e. The topological polar surface area (TPSA) is 35.5 Å². The molecule has 0 aromatic rings. The highest BCUT2D eigenvalue weighted by molar-refractivity contribution is 5.86. The van der Waals surface area contributed by atoms with Crippen LogP contribution in [0.25, 0.3) is 0 Å². The molecule has 0 amide bonds. The van der Waals surface area contributed by atoms with Gasteiger partial charge in [0, 0.05) is 5.57 Å². The molecular weight excluding hydrogens is 180 g/mol. The Morgan fingerprint density at radius 1 is 1.43 bits per heavy atom. The van der Waals surface area contributed by atoms with E-state index in [1.54, 1.807) is 13.8 Å². The van der Waals surface area contributed by atoms with Crippen LogP contribution < -0.4 is 0 Å². The van der Waals surface area contributed by atoms with E-state index >= 15 is 0 Å². The molecule has 0 heterocycles. The Labute approximate surface area is 86.1 Å². The Hall–Kier alpha value is -0.830. The maximum atomic E-state index is 11.1. The van der Waals surface area contributed by atoms with Gasteiger partial charge in [0.1, 0.15) is 0 Å². The molecule has 82 valence electrons. The first-order valence-corrected chi connectivity index (χ1v) is 4.95. The first kappa shape index (κ1) is 13.2. The number of hydrogen-bond donors (Lipinski definition) is 0. The lowest BCUT2D eigenvalue weighted by Crippen LogP contribution is -2.20. The van der Waals surface area contributed by atoms with Crippen LogP contribution in [0.3, 0.4) is 0 Å². The molecule has 3 nitrogen and oxygen atoms in total. The maximum absolute atomic E-state index is 11.1. The predicted octanol–water partition coefficient (Wildman–Crippen LogP) is 2.51. The van der Waals surface area contributed by atoms with Gasteiger partial charge in [0.15, 0.2) is 6.29 Å². The van der Waals surface area contributed by atoms with Gasteiger partial charge < -0.3 is 9.47 Å². The highest BCUT2D eigenvalue weighted by Crippen LogP contribution is 2.05. The second-order valence-corrected chi connectivity index (χ2v) is 3.60. The zero-order chi connectivity index (χ0) is 11.1. The van der Waals surface area contributed by atoms with Crippen molar-refractivity contribution in [2.24, 2.45) is 5.92 Å². The van der Waals surface area contributed by atoms with Gasteiger partial charge in [-0.15, -0.1) is 0 Å². The Balaban J connectivity index is 3.70. The second kappa shape index (κ2) is 6.60. The van der Waals surface area contributed by atoms with Crippen LogP contribution in [0.4, 0.5) is 0 Å². The molecule has 0 N–H and O–H groups in total. The van der Waals surface area contributed by atoms with E-state index in [2.05, 4.69) is 20.4 Å². The minimum atomic E-state index is -0.492. The molecule has 0 aliphatic carbocycles. The summed E-state index contributed by atoms with van der Waals surface area (Å²) in [6, 6.07) is 0. The minimum absolute atomic E-state index is 0.393. The van der Waals surface area contributed by atoms with Crippen molar-refractivity contribution >= 4 is 5.97 Å². The number of carbonyl (C=O) groups excluding carboxylic acids is 1. The smallest absolute Gasteiger partial charge is 0.335 e. The molecule has 0 aromatic heterocycles. The van der Waals surface area contributed by atoms with Gasteiger partial charge in [-0.05, 0) is 19.8 Å². The third-order valence-electron chi connectivity index (χ3n) is 1.93. The summed E-state index contributed by atoms with van der Waals surface area (Å²) in [7, 11) is 0. The Morgan fingerprint density at radius 3 is 2.43 bits per heavy atom. The summed E-state index contributed by atoms with van der Waals surface area (Å²) in [6.07, 6.45) is 0.564. The summed E-state index contributed by atoms with van der Waals surface area (Å²) < 4.78 is 10.3. The van der Waals surface area contributed by atoms with Crippen molar-refractivity contribution in [3.05, 3.63) is 12.2 Å². The predicted molar refractivity (Wildman–Crippen MR) is 55.8 cm³/mol. The summed E-state index contributed by atoms with van der Waals surface area (Å²) in [4.78, 5) is 11.1. The molecule has 0 aliphatic rings. The van der Waals surface area contributed by atoms with Gasteiger partial charge in [0.2, 0.25) is 0 Å². The van der Waals surface area contributed by atoms with Crippen LogP contribution in [0.5, 0.6) is 0 Å². The molecule has 14 heavy (non-hydrogen) atoms. The van der Waals surface area contributed by atoms with Crippen molar-refractivity contribution in [2.45, 2.75) is 40.4 Å². The Bertz CT molecular complexity index is 199. The van der Waals surface area contributed by atoms with E-state index in [-0.39, 0.29) is 0 Å². The highest BCUT2D eigenvalue weighted by atomic mass is 16.7. The first-order chi connectivity index (χ1) is 6.47. The molecule has 2 unspecified atom stereocenters. The van der Waals surface area contributed by atoms with Crippen molar-refractivity contribution in [3.8, 4) is 0 Å².